The van der Waals surface area contributed by atoms with E-state index in [1.807, 2.05) is 37.4 Å². The molecule has 0 aliphatic rings. The SMILES string of the molecule is CCNc1nnc(-c2ccc3[nH]cc(-c4ccccc4F)c3c2)s1. The minimum atomic E-state index is -0.228. The number of halogens is 1. The van der Waals surface area contributed by atoms with Crippen LogP contribution in [0, 0.1) is 5.82 Å². The van der Waals surface area contributed by atoms with Gasteiger partial charge in [0, 0.05) is 40.3 Å². The molecule has 0 bridgehead atoms. The van der Waals surface area contributed by atoms with Gasteiger partial charge >= 0.3 is 0 Å². The number of aromatic amines is 1. The van der Waals surface area contributed by atoms with E-state index in [1.165, 1.54) is 17.4 Å². The van der Waals surface area contributed by atoms with E-state index in [0.717, 1.165) is 38.7 Å². The number of rotatable bonds is 4. The third kappa shape index (κ3) is 2.55. The Morgan fingerprint density at radius 1 is 1.12 bits per heavy atom. The van der Waals surface area contributed by atoms with Gasteiger partial charge in [0.1, 0.15) is 10.8 Å². The molecule has 2 aromatic carbocycles. The molecule has 2 heterocycles. The average Bonchev–Trinajstić information content (AvgIpc) is 3.22. The maximum Gasteiger partial charge on any atom is 0.205 e. The van der Waals surface area contributed by atoms with Crippen LogP contribution < -0.4 is 5.32 Å². The summed E-state index contributed by atoms with van der Waals surface area (Å²) < 4.78 is 14.1. The summed E-state index contributed by atoms with van der Waals surface area (Å²) in [5, 5.41) is 14.1. The van der Waals surface area contributed by atoms with Crippen LogP contribution in [0.25, 0.3) is 32.6 Å². The molecule has 2 aromatic heterocycles. The number of aromatic nitrogens is 3. The second-order valence-corrected chi connectivity index (χ2v) is 6.36. The molecular weight excluding hydrogens is 323 g/mol. The molecule has 0 spiro atoms. The Morgan fingerprint density at radius 2 is 2.00 bits per heavy atom. The van der Waals surface area contributed by atoms with Crippen molar-refractivity contribution < 1.29 is 4.39 Å². The van der Waals surface area contributed by atoms with Crippen molar-refractivity contribution in [2.24, 2.45) is 0 Å². The highest BCUT2D eigenvalue weighted by molar-refractivity contribution is 7.18. The van der Waals surface area contributed by atoms with E-state index in [1.54, 1.807) is 12.1 Å². The van der Waals surface area contributed by atoms with E-state index < -0.39 is 0 Å². The zero-order valence-electron chi connectivity index (χ0n) is 13.0. The molecule has 0 saturated heterocycles. The first-order valence-electron chi connectivity index (χ1n) is 7.70. The van der Waals surface area contributed by atoms with Crippen LogP contribution in [0.3, 0.4) is 0 Å². The highest BCUT2D eigenvalue weighted by Gasteiger charge is 2.12. The second-order valence-electron chi connectivity index (χ2n) is 5.39. The van der Waals surface area contributed by atoms with Crippen molar-refractivity contribution in [1.82, 2.24) is 15.2 Å². The molecule has 4 nitrogen and oxygen atoms in total. The van der Waals surface area contributed by atoms with Crippen LogP contribution in [0.1, 0.15) is 6.92 Å². The molecule has 0 aliphatic heterocycles. The van der Waals surface area contributed by atoms with Crippen LogP contribution in [0.15, 0.2) is 48.7 Å². The predicted molar refractivity (Wildman–Crippen MR) is 96.8 cm³/mol. The lowest BCUT2D eigenvalue weighted by molar-refractivity contribution is 0.631. The quantitative estimate of drug-likeness (QED) is 0.555. The fraction of sp³-hybridized carbons (Fsp3) is 0.111. The lowest BCUT2D eigenvalue weighted by atomic mass is 10.0. The molecule has 0 amide bonds. The van der Waals surface area contributed by atoms with Crippen LogP contribution in [0.4, 0.5) is 9.52 Å². The Bertz CT molecular complexity index is 1010. The molecule has 0 aliphatic carbocycles. The predicted octanol–water partition coefficient (Wildman–Crippen LogP) is 4.92. The summed E-state index contributed by atoms with van der Waals surface area (Å²) in [6.45, 7) is 2.83. The zero-order valence-corrected chi connectivity index (χ0v) is 13.8. The maximum atomic E-state index is 14.1. The van der Waals surface area contributed by atoms with Gasteiger partial charge in [-0.25, -0.2) is 4.39 Å². The first-order chi connectivity index (χ1) is 11.8. The number of benzene rings is 2. The smallest absolute Gasteiger partial charge is 0.205 e. The Hall–Kier alpha value is -2.73. The topological polar surface area (TPSA) is 53.6 Å². The molecule has 120 valence electrons. The van der Waals surface area contributed by atoms with E-state index >= 15 is 0 Å². The van der Waals surface area contributed by atoms with E-state index in [4.69, 9.17) is 0 Å². The molecular formula is C18H15FN4S. The number of nitrogens with zero attached hydrogens (tertiary/aromatic N) is 2. The highest BCUT2D eigenvalue weighted by Crippen LogP contribution is 2.34. The van der Waals surface area contributed by atoms with Gasteiger partial charge in [0.05, 0.1) is 0 Å². The van der Waals surface area contributed by atoms with Crippen molar-refractivity contribution in [2.75, 3.05) is 11.9 Å². The van der Waals surface area contributed by atoms with Crippen molar-refractivity contribution in [3.8, 4) is 21.7 Å². The minimum absolute atomic E-state index is 0.228. The van der Waals surface area contributed by atoms with E-state index in [2.05, 4.69) is 20.5 Å². The number of fused-ring (bicyclic) bond motifs is 1. The largest absolute Gasteiger partial charge is 0.361 e. The van der Waals surface area contributed by atoms with Gasteiger partial charge in [-0.2, -0.15) is 0 Å². The fourth-order valence-corrected chi connectivity index (χ4v) is 3.53. The average molecular weight is 338 g/mol. The van der Waals surface area contributed by atoms with Gasteiger partial charge in [0.2, 0.25) is 5.13 Å². The van der Waals surface area contributed by atoms with E-state index in [-0.39, 0.29) is 5.82 Å². The third-order valence-corrected chi connectivity index (χ3v) is 4.78. The van der Waals surface area contributed by atoms with Gasteiger partial charge < -0.3 is 10.3 Å². The molecule has 0 saturated carbocycles. The van der Waals surface area contributed by atoms with Crippen molar-refractivity contribution >= 4 is 27.4 Å². The molecule has 6 heteroatoms. The summed E-state index contributed by atoms with van der Waals surface area (Å²) in [7, 11) is 0. The summed E-state index contributed by atoms with van der Waals surface area (Å²) in [5.74, 6) is -0.228. The lowest BCUT2D eigenvalue weighted by Gasteiger charge is -2.02. The monoisotopic (exact) mass is 338 g/mol. The van der Waals surface area contributed by atoms with Crippen LogP contribution in [-0.2, 0) is 0 Å². The molecule has 4 aromatic rings. The molecule has 0 radical (unpaired) electrons. The van der Waals surface area contributed by atoms with Crippen molar-refractivity contribution in [2.45, 2.75) is 6.92 Å². The Balaban J connectivity index is 1.82. The van der Waals surface area contributed by atoms with Gasteiger partial charge in [-0.15, -0.1) is 10.2 Å². The van der Waals surface area contributed by atoms with Gasteiger partial charge in [-0.3, -0.25) is 0 Å². The summed E-state index contributed by atoms with van der Waals surface area (Å²) in [6.07, 6.45) is 1.84. The standard InChI is InChI=1S/C18H15FN4S/c1-2-20-18-23-22-17(24-18)11-7-8-16-13(9-11)14(10-21-16)12-5-3-4-6-15(12)19/h3-10,21H,2H2,1H3,(H,20,23). The number of hydrogen-bond acceptors (Lipinski definition) is 4. The minimum Gasteiger partial charge on any atom is -0.361 e. The summed E-state index contributed by atoms with van der Waals surface area (Å²) in [4.78, 5) is 3.21. The molecule has 0 fully saturated rings. The van der Waals surface area contributed by atoms with Gasteiger partial charge in [-0.05, 0) is 31.2 Å². The normalized spacial score (nSPS) is 11.1. The maximum absolute atomic E-state index is 14.1. The lowest BCUT2D eigenvalue weighted by Crippen LogP contribution is -1.94. The van der Waals surface area contributed by atoms with Crippen LogP contribution >= 0.6 is 11.3 Å². The summed E-state index contributed by atoms with van der Waals surface area (Å²) >= 11 is 1.51. The Kier molecular flexibility index (Phi) is 3.74. The number of nitrogens with one attached hydrogen (secondary N) is 2. The van der Waals surface area contributed by atoms with Gasteiger partial charge in [0.25, 0.3) is 0 Å². The van der Waals surface area contributed by atoms with E-state index in [9.17, 15) is 4.39 Å². The number of hydrogen-bond donors (Lipinski definition) is 2. The van der Waals surface area contributed by atoms with Gasteiger partial charge in [-0.1, -0.05) is 29.5 Å². The molecule has 24 heavy (non-hydrogen) atoms. The Morgan fingerprint density at radius 3 is 2.83 bits per heavy atom. The fourth-order valence-electron chi connectivity index (χ4n) is 2.72. The van der Waals surface area contributed by atoms with Crippen molar-refractivity contribution in [3.63, 3.8) is 0 Å². The third-order valence-electron chi connectivity index (χ3n) is 3.85. The highest BCUT2D eigenvalue weighted by atomic mass is 32.1. The molecule has 4 rings (SSSR count). The summed E-state index contributed by atoms with van der Waals surface area (Å²) in [5.41, 5.74) is 3.38. The molecule has 0 atom stereocenters. The second kappa shape index (κ2) is 6.05. The van der Waals surface area contributed by atoms with Crippen LogP contribution in [-0.4, -0.2) is 21.7 Å². The van der Waals surface area contributed by atoms with Crippen LogP contribution in [0.5, 0.6) is 0 Å². The summed E-state index contributed by atoms with van der Waals surface area (Å²) in [6, 6.07) is 12.8. The number of H-pyrrole nitrogens is 1. The van der Waals surface area contributed by atoms with Crippen LogP contribution in [0.2, 0.25) is 0 Å². The van der Waals surface area contributed by atoms with Gasteiger partial charge in [0.15, 0.2) is 0 Å². The van der Waals surface area contributed by atoms with E-state index in [0.29, 0.717) is 5.56 Å². The Labute approximate surface area is 142 Å². The first-order valence-corrected chi connectivity index (χ1v) is 8.51. The molecule has 0 unspecified atom stereocenters. The van der Waals surface area contributed by atoms with Crippen molar-refractivity contribution in [1.29, 1.82) is 0 Å². The van der Waals surface area contributed by atoms with Crippen molar-refractivity contribution in [3.05, 3.63) is 54.5 Å². The zero-order chi connectivity index (χ0) is 16.5. The molecule has 2 N–H and O–H groups in total. The first kappa shape index (κ1) is 14.8. The number of anilines is 1.